The monoisotopic (exact) mass is 341 g/mol. The van der Waals surface area contributed by atoms with Gasteiger partial charge in [-0.1, -0.05) is 19.1 Å². The first kappa shape index (κ1) is 17.7. The first-order valence-electron chi connectivity index (χ1n) is 9.18. The molecular formula is C20H27N3O2. The molecule has 4 rings (SSSR count). The topological polar surface area (TPSA) is 61.4 Å². The molecule has 25 heavy (non-hydrogen) atoms. The standard InChI is InChI=1S/C20H27N3O2/c1-3-19(24)22-18-6-4-15(5-7-18)14(2)21-20(25)12-17-13-23-10-8-16(17)9-11-23/h4-7,12,14,16H,3,8-11,13H2,1-2H3,(H,21,25)(H,22,24). The van der Waals surface area contributed by atoms with Crippen LogP contribution in [-0.4, -0.2) is 36.3 Å². The Labute approximate surface area is 149 Å². The summed E-state index contributed by atoms with van der Waals surface area (Å²) in [7, 11) is 0. The number of carbonyl (C=O) groups is 2. The molecule has 0 aromatic heterocycles. The highest BCUT2D eigenvalue weighted by molar-refractivity contribution is 5.90. The summed E-state index contributed by atoms with van der Waals surface area (Å²) < 4.78 is 0. The fourth-order valence-corrected chi connectivity index (χ4v) is 3.62. The van der Waals surface area contributed by atoms with Gasteiger partial charge in [0, 0.05) is 24.7 Å². The third-order valence-corrected chi connectivity index (χ3v) is 5.21. The Morgan fingerprint density at radius 2 is 1.92 bits per heavy atom. The maximum atomic E-state index is 12.4. The number of anilines is 1. The number of fused-ring (bicyclic) bond motifs is 3. The number of hydrogen-bond donors (Lipinski definition) is 2. The summed E-state index contributed by atoms with van der Waals surface area (Å²) in [5, 5.41) is 5.88. The SMILES string of the molecule is CCC(=O)Nc1ccc(C(C)NC(=O)C=C2CN3CCC2CC3)cc1. The van der Waals surface area contributed by atoms with Crippen molar-refractivity contribution >= 4 is 17.5 Å². The van der Waals surface area contributed by atoms with E-state index in [0.29, 0.717) is 12.3 Å². The average molecular weight is 341 g/mol. The molecule has 0 spiro atoms. The summed E-state index contributed by atoms with van der Waals surface area (Å²) in [6.07, 6.45) is 4.63. The van der Waals surface area contributed by atoms with Crippen LogP contribution in [0, 0.1) is 5.92 Å². The van der Waals surface area contributed by atoms with Crippen LogP contribution >= 0.6 is 0 Å². The van der Waals surface area contributed by atoms with Crippen LogP contribution in [0.4, 0.5) is 5.69 Å². The van der Waals surface area contributed by atoms with E-state index in [9.17, 15) is 9.59 Å². The largest absolute Gasteiger partial charge is 0.346 e. The van der Waals surface area contributed by atoms with Crippen molar-refractivity contribution in [2.75, 3.05) is 25.0 Å². The molecule has 5 heteroatoms. The van der Waals surface area contributed by atoms with Gasteiger partial charge in [0.25, 0.3) is 0 Å². The molecule has 0 radical (unpaired) electrons. The highest BCUT2D eigenvalue weighted by Gasteiger charge is 2.29. The minimum Gasteiger partial charge on any atom is -0.346 e. The Morgan fingerprint density at radius 3 is 2.48 bits per heavy atom. The van der Waals surface area contributed by atoms with E-state index in [1.54, 1.807) is 0 Å². The van der Waals surface area contributed by atoms with Gasteiger partial charge in [0.05, 0.1) is 6.04 Å². The third-order valence-electron chi connectivity index (χ3n) is 5.21. The van der Waals surface area contributed by atoms with Gasteiger partial charge in [0.2, 0.25) is 11.8 Å². The Balaban J connectivity index is 1.57. The summed E-state index contributed by atoms with van der Waals surface area (Å²) in [6.45, 7) is 7.08. The summed E-state index contributed by atoms with van der Waals surface area (Å²) >= 11 is 0. The van der Waals surface area contributed by atoms with Crippen molar-refractivity contribution in [1.82, 2.24) is 10.2 Å². The van der Waals surface area contributed by atoms with Crippen LogP contribution in [-0.2, 0) is 9.59 Å². The van der Waals surface area contributed by atoms with Crippen LogP contribution in [0.1, 0.15) is 44.7 Å². The fraction of sp³-hybridized carbons (Fsp3) is 0.500. The molecule has 134 valence electrons. The molecule has 3 aliphatic heterocycles. The smallest absolute Gasteiger partial charge is 0.244 e. The molecule has 1 aromatic carbocycles. The number of carbonyl (C=O) groups excluding carboxylic acids is 2. The molecule has 1 aromatic rings. The lowest BCUT2D eigenvalue weighted by Crippen LogP contribution is -2.43. The number of piperidine rings is 3. The van der Waals surface area contributed by atoms with Crippen LogP contribution in [0.3, 0.4) is 0 Å². The Bertz CT molecular complexity index is 658. The highest BCUT2D eigenvalue weighted by atomic mass is 16.2. The maximum absolute atomic E-state index is 12.4. The summed E-state index contributed by atoms with van der Waals surface area (Å²) in [6, 6.07) is 7.56. The lowest BCUT2D eigenvalue weighted by atomic mass is 9.83. The van der Waals surface area contributed by atoms with Crippen molar-refractivity contribution in [3.8, 4) is 0 Å². The zero-order chi connectivity index (χ0) is 17.8. The van der Waals surface area contributed by atoms with E-state index in [4.69, 9.17) is 0 Å². The lowest BCUT2D eigenvalue weighted by molar-refractivity contribution is -0.117. The molecule has 3 fully saturated rings. The predicted molar refractivity (Wildman–Crippen MR) is 99.2 cm³/mol. The Hall–Kier alpha value is -2.14. The zero-order valence-corrected chi connectivity index (χ0v) is 15.0. The molecule has 3 aliphatic rings. The zero-order valence-electron chi connectivity index (χ0n) is 15.0. The van der Waals surface area contributed by atoms with Crippen molar-refractivity contribution in [1.29, 1.82) is 0 Å². The second-order valence-corrected chi connectivity index (χ2v) is 7.02. The van der Waals surface area contributed by atoms with E-state index in [-0.39, 0.29) is 17.9 Å². The van der Waals surface area contributed by atoms with Gasteiger partial charge < -0.3 is 10.6 Å². The van der Waals surface area contributed by atoms with Gasteiger partial charge in [-0.15, -0.1) is 0 Å². The minimum atomic E-state index is -0.0682. The van der Waals surface area contributed by atoms with E-state index in [2.05, 4.69) is 15.5 Å². The van der Waals surface area contributed by atoms with E-state index < -0.39 is 0 Å². The van der Waals surface area contributed by atoms with E-state index in [1.807, 2.05) is 44.2 Å². The molecule has 0 saturated carbocycles. The first-order valence-corrected chi connectivity index (χ1v) is 9.18. The van der Waals surface area contributed by atoms with Crippen molar-refractivity contribution in [2.24, 2.45) is 5.92 Å². The number of amides is 2. The van der Waals surface area contributed by atoms with Gasteiger partial charge in [-0.2, -0.15) is 0 Å². The molecule has 3 heterocycles. The average Bonchev–Trinajstić information content (AvgIpc) is 2.63. The first-order chi connectivity index (χ1) is 12.0. The van der Waals surface area contributed by atoms with Crippen LogP contribution in [0.5, 0.6) is 0 Å². The minimum absolute atomic E-state index is 0.00162. The molecule has 2 amide bonds. The summed E-state index contributed by atoms with van der Waals surface area (Å²) in [5.41, 5.74) is 3.08. The van der Waals surface area contributed by atoms with Crippen LogP contribution in [0.25, 0.3) is 0 Å². The van der Waals surface area contributed by atoms with Gasteiger partial charge in [-0.25, -0.2) is 0 Å². The quantitative estimate of drug-likeness (QED) is 0.810. The Kier molecular flexibility index (Phi) is 5.53. The number of benzene rings is 1. The second kappa shape index (κ2) is 7.83. The van der Waals surface area contributed by atoms with Gasteiger partial charge >= 0.3 is 0 Å². The Morgan fingerprint density at radius 1 is 1.24 bits per heavy atom. The predicted octanol–water partition coefficient (Wildman–Crippen LogP) is 2.86. The molecule has 2 bridgehead atoms. The van der Waals surface area contributed by atoms with Crippen molar-refractivity contribution in [3.05, 3.63) is 41.5 Å². The molecule has 2 N–H and O–H groups in total. The van der Waals surface area contributed by atoms with Gasteiger partial charge in [-0.3, -0.25) is 14.5 Å². The second-order valence-electron chi connectivity index (χ2n) is 7.02. The van der Waals surface area contributed by atoms with E-state index in [1.165, 1.54) is 31.5 Å². The van der Waals surface area contributed by atoms with Gasteiger partial charge in [0.15, 0.2) is 0 Å². The number of hydrogen-bond acceptors (Lipinski definition) is 3. The molecule has 1 unspecified atom stereocenters. The number of rotatable bonds is 5. The highest BCUT2D eigenvalue weighted by Crippen LogP contribution is 2.31. The van der Waals surface area contributed by atoms with E-state index in [0.717, 1.165) is 17.8 Å². The number of nitrogens with zero attached hydrogens (tertiary/aromatic N) is 1. The van der Waals surface area contributed by atoms with Crippen molar-refractivity contribution < 1.29 is 9.59 Å². The number of nitrogens with one attached hydrogen (secondary N) is 2. The lowest BCUT2D eigenvalue weighted by Gasteiger charge is -2.41. The van der Waals surface area contributed by atoms with Crippen LogP contribution in [0.2, 0.25) is 0 Å². The van der Waals surface area contributed by atoms with E-state index >= 15 is 0 Å². The maximum Gasteiger partial charge on any atom is 0.244 e. The van der Waals surface area contributed by atoms with Crippen LogP contribution in [0.15, 0.2) is 35.9 Å². The normalized spacial score (nSPS) is 24.8. The van der Waals surface area contributed by atoms with Gasteiger partial charge in [-0.05, 0) is 62.0 Å². The molecule has 3 saturated heterocycles. The summed E-state index contributed by atoms with van der Waals surface area (Å²) in [5.74, 6) is 0.574. The molecular weight excluding hydrogens is 314 g/mol. The molecule has 1 atom stereocenters. The molecule has 5 nitrogen and oxygen atoms in total. The fourth-order valence-electron chi connectivity index (χ4n) is 3.62. The molecule has 0 aliphatic carbocycles. The van der Waals surface area contributed by atoms with Crippen molar-refractivity contribution in [2.45, 2.75) is 39.2 Å². The van der Waals surface area contributed by atoms with Gasteiger partial charge in [0.1, 0.15) is 0 Å². The van der Waals surface area contributed by atoms with Crippen LogP contribution < -0.4 is 10.6 Å². The van der Waals surface area contributed by atoms with Crippen molar-refractivity contribution in [3.63, 3.8) is 0 Å². The summed E-state index contributed by atoms with van der Waals surface area (Å²) in [4.78, 5) is 26.2. The third kappa shape index (κ3) is 4.48.